The van der Waals surface area contributed by atoms with E-state index in [0.29, 0.717) is 57.7 Å². The molecule has 4 N–H and O–H groups in total. The predicted octanol–water partition coefficient (Wildman–Crippen LogP) is 14.6. The lowest BCUT2D eigenvalue weighted by atomic mass is 9.93. The number of nitrogens with one attached hydrogen (secondary N) is 2. The standard InChI is InChI=1S/C28H23ClN2O5.C28H23ClN2O4S/c1-17(22-4-2-3-5-23(22)29)36-27(34)31-25-24(30-16-35-25)20-8-6-18(7-9-20)19-10-12-21(13-11-19)28(14-15-28)26(32)33;1-17(22-4-2-3-5-23(22)29)35-27(34)31-25-24(30-16-36-25)20-8-6-18(7-9-20)19-10-12-21(13-11-19)28(14-15-28)26(32)33/h2*2-13,16-17H,14-15H2,1H3,(H,31,34)(H,32,33)/t2*17-/m11/s1. The van der Waals surface area contributed by atoms with Crippen LogP contribution >= 0.6 is 34.5 Å². The number of halogens is 2. The quantitative estimate of drug-likeness (QED) is 0.0811. The number of aliphatic carboxylic acids is 2. The fourth-order valence-corrected chi connectivity index (χ4v) is 9.76. The van der Waals surface area contributed by atoms with Crippen molar-refractivity contribution < 1.29 is 43.3 Å². The molecule has 364 valence electrons. The summed E-state index contributed by atoms with van der Waals surface area (Å²) in [5.74, 6) is -1.35. The van der Waals surface area contributed by atoms with Crippen LogP contribution in [0.2, 0.25) is 10.0 Å². The molecular formula is C56H46Cl2N4O9S. The maximum atomic E-state index is 12.5. The minimum absolute atomic E-state index is 0.173. The monoisotopic (exact) mass is 1020 g/mol. The first-order valence-corrected chi connectivity index (χ1v) is 24.6. The van der Waals surface area contributed by atoms with E-state index in [1.807, 2.05) is 127 Å². The predicted molar refractivity (Wildman–Crippen MR) is 277 cm³/mol. The summed E-state index contributed by atoms with van der Waals surface area (Å²) >= 11 is 13.7. The van der Waals surface area contributed by atoms with Crippen LogP contribution in [0.3, 0.4) is 0 Å². The molecule has 6 aromatic carbocycles. The number of anilines is 2. The van der Waals surface area contributed by atoms with Gasteiger partial charge in [-0.3, -0.25) is 20.2 Å². The molecule has 0 radical (unpaired) electrons. The minimum atomic E-state index is -0.765. The van der Waals surface area contributed by atoms with Crippen LogP contribution in [-0.4, -0.2) is 44.3 Å². The van der Waals surface area contributed by atoms with E-state index >= 15 is 0 Å². The first-order chi connectivity index (χ1) is 34.7. The third kappa shape index (κ3) is 10.6. The van der Waals surface area contributed by atoms with Crippen molar-refractivity contribution in [1.82, 2.24) is 9.97 Å². The van der Waals surface area contributed by atoms with Gasteiger partial charge in [0.1, 0.15) is 28.6 Å². The highest BCUT2D eigenvalue weighted by molar-refractivity contribution is 7.14. The van der Waals surface area contributed by atoms with E-state index in [2.05, 4.69) is 20.6 Å². The first kappa shape index (κ1) is 49.2. The Morgan fingerprint density at radius 3 is 1.36 bits per heavy atom. The summed E-state index contributed by atoms with van der Waals surface area (Å²) in [5.41, 5.74) is 10.0. The van der Waals surface area contributed by atoms with Crippen LogP contribution in [0.5, 0.6) is 0 Å². The Kier molecular flexibility index (Phi) is 14.3. The highest BCUT2D eigenvalue weighted by Gasteiger charge is 2.52. The van der Waals surface area contributed by atoms with Gasteiger partial charge in [0.05, 0.1) is 16.3 Å². The highest BCUT2D eigenvalue weighted by Crippen LogP contribution is 2.50. The summed E-state index contributed by atoms with van der Waals surface area (Å²) in [5, 5.41) is 26.0. The van der Waals surface area contributed by atoms with Crippen molar-refractivity contribution in [1.29, 1.82) is 0 Å². The minimum Gasteiger partial charge on any atom is -0.481 e. The number of rotatable bonds is 14. The van der Waals surface area contributed by atoms with Crippen molar-refractivity contribution in [3.63, 3.8) is 0 Å². The first-order valence-electron chi connectivity index (χ1n) is 23.0. The number of oxazole rings is 1. The number of thiazole rings is 1. The van der Waals surface area contributed by atoms with Crippen LogP contribution in [-0.2, 0) is 29.9 Å². The van der Waals surface area contributed by atoms with Gasteiger partial charge < -0.3 is 24.1 Å². The molecule has 0 aliphatic heterocycles. The number of carbonyl (C=O) groups excluding carboxylic acids is 2. The second kappa shape index (κ2) is 20.9. The number of carboxylic acids is 2. The van der Waals surface area contributed by atoms with Crippen molar-refractivity contribution in [2.24, 2.45) is 0 Å². The van der Waals surface area contributed by atoms with E-state index in [4.69, 9.17) is 37.1 Å². The molecule has 2 amide bonds. The molecule has 2 aliphatic rings. The number of carboxylic acid groups (broad SMARTS) is 2. The van der Waals surface area contributed by atoms with Gasteiger partial charge >= 0.3 is 24.1 Å². The van der Waals surface area contributed by atoms with Gasteiger partial charge in [0.25, 0.3) is 0 Å². The summed E-state index contributed by atoms with van der Waals surface area (Å²) in [6.45, 7) is 3.51. The molecule has 2 fully saturated rings. The number of hydrogen-bond acceptors (Lipinski definition) is 10. The maximum absolute atomic E-state index is 12.5. The molecule has 2 atom stereocenters. The molecular weight excluding hydrogens is 976 g/mol. The normalized spacial score (nSPS) is 14.6. The number of benzene rings is 6. The average Bonchev–Trinajstić information content (AvgIpc) is 4.29. The van der Waals surface area contributed by atoms with Crippen LogP contribution in [0.25, 0.3) is 44.8 Å². The van der Waals surface area contributed by atoms with Crippen LogP contribution < -0.4 is 10.6 Å². The lowest BCUT2D eigenvalue weighted by Gasteiger charge is -2.15. The molecule has 13 nitrogen and oxygen atoms in total. The zero-order valence-electron chi connectivity index (χ0n) is 38.8. The van der Waals surface area contributed by atoms with Crippen LogP contribution in [0.1, 0.15) is 74.0 Å². The van der Waals surface area contributed by atoms with Gasteiger partial charge in [-0.1, -0.05) is 157 Å². The summed E-state index contributed by atoms with van der Waals surface area (Å²) in [6, 6.07) is 45.3. The Hall–Kier alpha value is -7.78. The van der Waals surface area contributed by atoms with Crippen LogP contribution in [0.4, 0.5) is 20.5 Å². The molecule has 72 heavy (non-hydrogen) atoms. The summed E-state index contributed by atoms with van der Waals surface area (Å²) in [6.07, 6.45) is 1.65. The highest BCUT2D eigenvalue weighted by atomic mass is 35.5. The Bertz CT molecular complexity index is 3040. The van der Waals surface area contributed by atoms with Gasteiger partial charge in [-0.2, -0.15) is 0 Å². The SMILES string of the molecule is C[C@@H](OC(=O)Nc1ocnc1-c1ccc(-c2ccc(C3(C(=O)O)CC3)cc2)cc1)c1ccccc1Cl.C[C@@H](OC(=O)Nc1scnc1-c1ccc(-c2ccc(C3(C(=O)O)CC3)cc2)cc1)c1ccccc1Cl. The van der Waals surface area contributed by atoms with Gasteiger partial charge in [-0.25, -0.2) is 19.6 Å². The lowest BCUT2D eigenvalue weighted by Crippen LogP contribution is -2.19. The smallest absolute Gasteiger partial charge is 0.414 e. The van der Waals surface area contributed by atoms with Gasteiger partial charge in [-0.15, -0.1) is 11.3 Å². The number of carbonyl (C=O) groups is 4. The average molecular weight is 1020 g/mol. The fourth-order valence-electron chi connectivity index (χ4n) is 8.49. The van der Waals surface area contributed by atoms with E-state index < -0.39 is 47.2 Å². The van der Waals surface area contributed by atoms with Gasteiger partial charge in [-0.05, 0) is 85.0 Å². The van der Waals surface area contributed by atoms with E-state index in [-0.39, 0.29) is 5.88 Å². The Labute approximate surface area is 428 Å². The second-order valence-electron chi connectivity index (χ2n) is 17.5. The number of ether oxygens (including phenoxy) is 2. The lowest BCUT2D eigenvalue weighted by molar-refractivity contribution is -0.141. The molecule has 2 aromatic heterocycles. The van der Waals surface area contributed by atoms with Gasteiger partial charge in [0.2, 0.25) is 5.88 Å². The van der Waals surface area contributed by atoms with Crippen molar-refractivity contribution in [3.05, 3.63) is 190 Å². The zero-order chi connectivity index (χ0) is 50.6. The zero-order valence-corrected chi connectivity index (χ0v) is 41.1. The molecule has 0 saturated heterocycles. The van der Waals surface area contributed by atoms with Crippen molar-refractivity contribution in [2.75, 3.05) is 10.6 Å². The maximum Gasteiger partial charge on any atom is 0.414 e. The molecule has 0 unspecified atom stereocenters. The molecule has 0 bridgehead atoms. The van der Waals surface area contributed by atoms with Gasteiger partial charge in [0.15, 0.2) is 6.39 Å². The van der Waals surface area contributed by atoms with Crippen molar-refractivity contribution in [2.45, 2.75) is 62.6 Å². The Morgan fingerprint density at radius 1 is 0.556 bits per heavy atom. The van der Waals surface area contributed by atoms with Crippen molar-refractivity contribution >= 4 is 69.5 Å². The Balaban J connectivity index is 0.000000178. The van der Waals surface area contributed by atoms with E-state index in [1.165, 1.54) is 17.7 Å². The number of nitrogens with zero attached hydrogens (tertiary/aromatic N) is 2. The molecule has 0 spiro atoms. The third-order valence-corrected chi connectivity index (χ3v) is 14.4. The van der Waals surface area contributed by atoms with E-state index in [1.54, 1.807) is 37.6 Å². The largest absolute Gasteiger partial charge is 0.481 e. The molecule has 16 heteroatoms. The summed E-state index contributed by atoms with van der Waals surface area (Å²) < 4.78 is 16.4. The number of aromatic nitrogens is 2. The molecule has 2 heterocycles. The van der Waals surface area contributed by atoms with E-state index in [0.717, 1.165) is 50.1 Å². The second-order valence-corrected chi connectivity index (χ2v) is 19.2. The number of amides is 2. The van der Waals surface area contributed by atoms with Crippen LogP contribution in [0, 0.1) is 0 Å². The Morgan fingerprint density at radius 2 is 0.944 bits per heavy atom. The topological polar surface area (TPSA) is 190 Å². The summed E-state index contributed by atoms with van der Waals surface area (Å²) in [7, 11) is 0. The summed E-state index contributed by atoms with van der Waals surface area (Å²) in [4.78, 5) is 56.8. The molecule has 10 rings (SSSR count). The molecule has 2 saturated carbocycles. The van der Waals surface area contributed by atoms with E-state index in [9.17, 15) is 29.4 Å². The number of hydrogen-bond donors (Lipinski definition) is 4. The van der Waals surface area contributed by atoms with Crippen molar-refractivity contribution in [3.8, 4) is 44.8 Å². The third-order valence-electron chi connectivity index (χ3n) is 13.0. The molecule has 2 aliphatic carbocycles. The fraction of sp³-hybridized carbons (Fsp3) is 0.179. The van der Waals surface area contributed by atoms with Crippen LogP contribution in [0.15, 0.2) is 162 Å². The van der Waals surface area contributed by atoms with Gasteiger partial charge in [0, 0.05) is 32.3 Å². The molecule has 8 aromatic rings.